The van der Waals surface area contributed by atoms with Gasteiger partial charge in [0.2, 0.25) is 0 Å². The summed E-state index contributed by atoms with van der Waals surface area (Å²) in [5.74, 6) is 0.765. The summed E-state index contributed by atoms with van der Waals surface area (Å²) in [6.07, 6.45) is 1.90. The molecule has 1 aromatic carbocycles. The third-order valence-electron chi connectivity index (χ3n) is 3.02. The minimum absolute atomic E-state index is 0.308. The highest BCUT2D eigenvalue weighted by atomic mass is 32.2. The molecule has 5 nitrogen and oxygen atoms in total. The van der Waals surface area contributed by atoms with E-state index in [1.54, 1.807) is 7.11 Å². The summed E-state index contributed by atoms with van der Waals surface area (Å²) < 4.78 is 33.0. The van der Waals surface area contributed by atoms with E-state index in [1.807, 2.05) is 24.3 Å². The van der Waals surface area contributed by atoms with Crippen LogP contribution in [0.15, 0.2) is 24.3 Å². The minimum Gasteiger partial charge on any atom is -0.497 e. The fourth-order valence-corrected chi connectivity index (χ4v) is 3.21. The average Bonchev–Trinajstić information content (AvgIpc) is 2.92. The van der Waals surface area contributed by atoms with Crippen molar-refractivity contribution in [1.82, 2.24) is 9.03 Å². The SMILES string of the molecule is COc1ccc(CNS(=O)(=O)N2CCCC2)cc1. The van der Waals surface area contributed by atoms with Crippen molar-refractivity contribution in [1.29, 1.82) is 0 Å². The van der Waals surface area contributed by atoms with Crippen LogP contribution in [0.2, 0.25) is 0 Å². The van der Waals surface area contributed by atoms with Crippen molar-refractivity contribution < 1.29 is 13.2 Å². The van der Waals surface area contributed by atoms with Crippen molar-refractivity contribution in [3.05, 3.63) is 29.8 Å². The number of rotatable bonds is 5. The van der Waals surface area contributed by atoms with E-state index < -0.39 is 10.2 Å². The molecule has 0 amide bonds. The van der Waals surface area contributed by atoms with Gasteiger partial charge in [0.25, 0.3) is 10.2 Å². The zero-order valence-corrected chi connectivity index (χ0v) is 11.2. The van der Waals surface area contributed by atoms with Gasteiger partial charge in [0, 0.05) is 19.6 Å². The molecule has 1 aromatic rings. The second-order valence-corrected chi connectivity index (χ2v) is 6.04. The summed E-state index contributed by atoms with van der Waals surface area (Å²) in [4.78, 5) is 0. The smallest absolute Gasteiger partial charge is 0.279 e. The van der Waals surface area contributed by atoms with Crippen molar-refractivity contribution in [3.63, 3.8) is 0 Å². The second kappa shape index (κ2) is 5.69. The van der Waals surface area contributed by atoms with E-state index in [-0.39, 0.29) is 0 Å². The average molecular weight is 270 g/mol. The molecule has 1 heterocycles. The molecule has 100 valence electrons. The van der Waals surface area contributed by atoms with Crippen molar-refractivity contribution in [2.24, 2.45) is 0 Å². The fourth-order valence-electron chi connectivity index (χ4n) is 1.94. The van der Waals surface area contributed by atoms with Crippen molar-refractivity contribution >= 4 is 10.2 Å². The number of nitrogens with one attached hydrogen (secondary N) is 1. The lowest BCUT2D eigenvalue weighted by molar-refractivity contribution is 0.414. The number of hydrogen-bond acceptors (Lipinski definition) is 3. The molecule has 0 saturated carbocycles. The molecule has 0 aromatic heterocycles. The van der Waals surface area contributed by atoms with Gasteiger partial charge in [0.15, 0.2) is 0 Å². The second-order valence-electron chi connectivity index (χ2n) is 4.28. The molecule has 2 rings (SSSR count). The van der Waals surface area contributed by atoms with Crippen LogP contribution in [0.5, 0.6) is 5.75 Å². The Morgan fingerprint density at radius 3 is 2.39 bits per heavy atom. The van der Waals surface area contributed by atoms with Crippen LogP contribution in [-0.2, 0) is 16.8 Å². The van der Waals surface area contributed by atoms with Crippen LogP contribution in [0.25, 0.3) is 0 Å². The van der Waals surface area contributed by atoms with Gasteiger partial charge in [-0.3, -0.25) is 0 Å². The monoisotopic (exact) mass is 270 g/mol. The van der Waals surface area contributed by atoms with Crippen LogP contribution in [0.1, 0.15) is 18.4 Å². The van der Waals surface area contributed by atoms with E-state index in [0.717, 1.165) is 24.2 Å². The first kappa shape index (κ1) is 13.3. The molecule has 0 spiro atoms. The molecule has 1 N–H and O–H groups in total. The van der Waals surface area contributed by atoms with E-state index in [1.165, 1.54) is 4.31 Å². The van der Waals surface area contributed by atoms with Gasteiger partial charge < -0.3 is 4.74 Å². The summed E-state index contributed by atoms with van der Waals surface area (Å²) in [6, 6.07) is 7.34. The number of nitrogens with zero attached hydrogens (tertiary/aromatic N) is 1. The Kier molecular flexibility index (Phi) is 4.21. The number of benzene rings is 1. The Morgan fingerprint density at radius 2 is 1.83 bits per heavy atom. The zero-order valence-electron chi connectivity index (χ0n) is 10.4. The van der Waals surface area contributed by atoms with Crippen LogP contribution in [-0.4, -0.2) is 32.9 Å². The van der Waals surface area contributed by atoms with Crippen LogP contribution < -0.4 is 9.46 Å². The van der Waals surface area contributed by atoms with E-state index in [2.05, 4.69) is 4.72 Å². The van der Waals surface area contributed by atoms with Crippen LogP contribution in [0.3, 0.4) is 0 Å². The Hall–Kier alpha value is -1.11. The largest absolute Gasteiger partial charge is 0.497 e. The first-order chi connectivity index (χ1) is 8.62. The van der Waals surface area contributed by atoms with Gasteiger partial charge in [-0.25, -0.2) is 0 Å². The van der Waals surface area contributed by atoms with Gasteiger partial charge in [-0.1, -0.05) is 12.1 Å². The van der Waals surface area contributed by atoms with Gasteiger partial charge in [0.1, 0.15) is 5.75 Å². The molecule has 1 aliphatic heterocycles. The molecule has 1 saturated heterocycles. The molecular weight excluding hydrogens is 252 g/mol. The maximum absolute atomic E-state index is 11.9. The molecule has 0 unspecified atom stereocenters. The summed E-state index contributed by atoms with van der Waals surface area (Å²) in [6.45, 7) is 1.55. The van der Waals surface area contributed by atoms with E-state index >= 15 is 0 Å². The molecule has 1 aliphatic rings. The lowest BCUT2D eigenvalue weighted by atomic mass is 10.2. The molecule has 0 atom stereocenters. The molecule has 0 aliphatic carbocycles. The highest BCUT2D eigenvalue weighted by Crippen LogP contribution is 2.13. The molecule has 1 fully saturated rings. The predicted octanol–water partition coefficient (Wildman–Crippen LogP) is 1.13. The molecule has 0 bridgehead atoms. The third-order valence-corrected chi connectivity index (χ3v) is 4.58. The topological polar surface area (TPSA) is 58.6 Å². The van der Waals surface area contributed by atoms with Crippen molar-refractivity contribution in [2.75, 3.05) is 20.2 Å². The Balaban J connectivity index is 1.93. The van der Waals surface area contributed by atoms with Crippen LogP contribution in [0, 0.1) is 0 Å². The fraction of sp³-hybridized carbons (Fsp3) is 0.500. The Bertz CT molecular complexity index is 479. The molecule has 18 heavy (non-hydrogen) atoms. The highest BCUT2D eigenvalue weighted by Gasteiger charge is 2.24. The van der Waals surface area contributed by atoms with Gasteiger partial charge in [-0.2, -0.15) is 17.4 Å². The van der Waals surface area contributed by atoms with Gasteiger partial charge >= 0.3 is 0 Å². The Morgan fingerprint density at radius 1 is 1.22 bits per heavy atom. The lowest BCUT2D eigenvalue weighted by Gasteiger charge is -2.16. The maximum Gasteiger partial charge on any atom is 0.279 e. The summed E-state index contributed by atoms with van der Waals surface area (Å²) in [5, 5.41) is 0. The molecule has 6 heteroatoms. The zero-order chi connectivity index (χ0) is 13.0. The number of methoxy groups -OCH3 is 1. The normalized spacial score (nSPS) is 16.9. The summed E-state index contributed by atoms with van der Waals surface area (Å²) >= 11 is 0. The van der Waals surface area contributed by atoms with E-state index in [0.29, 0.717) is 19.6 Å². The lowest BCUT2D eigenvalue weighted by Crippen LogP contribution is -2.38. The first-order valence-corrected chi connectivity index (χ1v) is 7.43. The van der Waals surface area contributed by atoms with Crippen molar-refractivity contribution in [3.8, 4) is 5.75 Å². The predicted molar refractivity (Wildman–Crippen MR) is 69.6 cm³/mol. The quantitative estimate of drug-likeness (QED) is 0.872. The Labute approximate surface area is 108 Å². The van der Waals surface area contributed by atoms with Crippen molar-refractivity contribution in [2.45, 2.75) is 19.4 Å². The molecular formula is C12H18N2O3S. The number of hydrogen-bond donors (Lipinski definition) is 1. The number of ether oxygens (including phenoxy) is 1. The van der Waals surface area contributed by atoms with E-state index in [4.69, 9.17) is 4.74 Å². The highest BCUT2D eigenvalue weighted by molar-refractivity contribution is 7.87. The first-order valence-electron chi connectivity index (χ1n) is 5.99. The van der Waals surface area contributed by atoms with E-state index in [9.17, 15) is 8.42 Å². The maximum atomic E-state index is 11.9. The summed E-state index contributed by atoms with van der Waals surface area (Å²) in [5.41, 5.74) is 0.915. The van der Waals surface area contributed by atoms with Gasteiger partial charge in [0.05, 0.1) is 7.11 Å². The third kappa shape index (κ3) is 3.22. The van der Waals surface area contributed by atoms with Crippen LogP contribution >= 0.6 is 0 Å². The molecule has 0 radical (unpaired) electrons. The van der Waals surface area contributed by atoms with Gasteiger partial charge in [-0.05, 0) is 30.5 Å². The van der Waals surface area contributed by atoms with Crippen LogP contribution in [0.4, 0.5) is 0 Å². The summed E-state index contributed by atoms with van der Waals surface area (Å²) in [7, 11) is -1.72. The standard InChI is InChI=1S/C12H18N2O3S/c1-17-12-6-4-11(5-7-12)10-13-18(15,16)14-8-2-3-9-14/h4-7,13H,2-3,8-10H2,1H3. The van der Waals surface area contributed by atoms with Gasteiger partial charge in [-0.15, -0.1) is 0 Å². The minimum atomic E-state index is -3.32.